The molecule has 2 rings (SSSR count). The molecule has 1 aliphatic rings. The molecule has 0 bridgehead atoms. The number of hydrogen-bond donors (Lipinski definition) is 1. The number of nitrogens with zero attached hydrogens (tertiary/aromatic N) is 2. The van der Waals surface area contributed by atoms with E-state index in [0.717, 1.165) is 31.1 Å². The number of rotatable bonds is 4. The minimum absolute atomic E-state index is 0.739. The zero-order valence-electron chi connectivity index (χ0n) is 11.0. The molecule has 1 fully saturated rings. The second-order valence-electron chi connectivity index (χ2n) is 4.98. The summed E-state index contributed by atoms with van der Waals surface area (Å²) in [6.45, 7) is 3.40. The molecule has 96 valence electrons. The van der Waals surface area contributed by atoms with Crippen molar-refractivity contribution in [1.29, 1.82) is 5.26 Å². The summed E-state index contributed by atoms with van der Waals surface area (Å²) in [4.78, 5) is 2.43. The van der Waals surface area contributed by atoms with Gasteiger partial charge in [0.25, 0.3) is 0 Å². The fourth-order valence-corrected chi connectivity index (χ4v) is 2.58. The lowest BCUT2D eigenvalue weighted by Gasteiger charge is -2.33. The highest BCUT2D eigenvalue weighted by molar-refractivity contribution is 5.49. The third kappa shape index (κ3) is 3.24. The molecule has 0 spiro atoms. The van der Waals surface area contributed by atoms with E-state index in [1.807, 2.05) is 19.2 Å². The lowest BCUT2D eigenvalue weighted by atomic mass is 9.93. The van der Waals surface area contributed by atoms with Gasteiger partial charge in [0, 0.05) is 18.8 Å². The van der Waals surface area contributed by atoms with Crippen molar-refractivity contribution in [3.8, 4) is 6.07 Å². The Morgan fingerprint density at radius 2 is 1.94 bits per heavy atom. The average molecular weight is 243 g/mol. The van der Waals surface area contributed by atoms with Crippen molar-refractivity contribution in [2.75, 3.05) is 31.6 Å². The summed E-state index contributed by atoms with van der Waals surface area (Å²) in [6, 6.07) is 10.1. The number of benzene rings is 1. The zero-order valence-corrected chi connectivity index (χ0v) is 11.0. The number of piperidine rings is 1. The van der Waals surface area contributed by atoms with Crippen LogP contribution >= 0.6 is 0 Å². The van der Waals surface area contributed by atoms with E-state index in [4.69, 9.17) is 5.26 Å². The van der Waals surface area contributed by atoms with Gasteiger partial charge >= 0.3 is 0 Å². The van der Waals surface area contributed by atoms with Crippen molar-refractivity contribution in [2.45, 2.75) is 19.3 Å². The van der Waals surface area contributed by atoms with Crippen molar-refractivity contribution >= 4 is 5.69 Å². The molecule has 0 unspecified atom stereocenters. The number of nitriles is 1. The summed E-state index contributed by atoms with van der Waals surface area (Å²) in [5.41, 5.74) is 1.99. The Morgan fingerprint density at radius 1 is 1.28 bits per heavy atom. The van der Waals surface area contributed by atoms with Gasteiger partial charge in [0.2, 0.25) is 0 Å². The van der Waals surface area contributed by atoms with E-state index >= 15 is 0 Å². The van der Waals surface area contributed by atoms with Gasteiger partial charge in [-0.1, -0.05) is 0 Å². The molecule has 0 amide bonds. The van der Waals surface area contributed by atoms with Crippen LogP contribution in [0.15, 0.2) is 24.3 Å². The van der Waals surface area contributed by atoms with E-state index in [2.05, 4.69) is 28.4 Å². The van der Waals surface area contributed by atoms with Crippen molar-refractivity contribution in [2.24, 2.45) is 5.92 Å². The molecule has 1 saturated heterocycles. The third-order valence-electron chi connectivity index (χ3n) is 3.78. The van der Waals surface area contributed by atoms with Crippen LogP contribution in [0.4, 0.5) is 5.69 Å². The zero-order chi connectivity index (χ0) is 12.8. The molecule has 0 saturated carbocycles. The molecule has 3 heteroatoms. The first kappa shape index (κ1) is 12.9. The van der Waals surface area contributed by atoms with Gasteiger partial charge in [-0.15, -0.1) is 0 Å². The van der Waals surface area contributed by atoms with Crippen molar-refractivity contribution in [1.82, 2.24) is 5.32 Å². The van der Waals surface area contributed by atoms with Gasteiger partial charge in [-0.05, 0) is 63.0 Å². The minimum atomic E-state index is 0.739. The lowest BCUT2D eigenvalue weighted by Crippen LogP contribution is -2.34. The van der Waals surface area contributed by atoms with Gasteiger partial charge in [-0.25, -0.2) is 0 Å². The van der Waals surface area contributed by atoms with E-state index in [-0.39, 0.29) is 0 Å². The minimum Gasteiger partial charge on any atom is -0.372 e. The maximum atomic E-state index is 8.79. The highest BCUT2D eigenvalue weighted by Crippen LogP contribution is 2.25. The maximum Gasteiger partial charge on any atom is 0.0991 e. The van der Waals surface area contributed by atoms with Crippen LogP contribution in [-0.4, -0.2) is 26.7 Å². The fourth-order valence-electron chi connectivity index (χ4n) is 2.58. The first-order chi connectivity index (χ1) is 8.83. The molecular formula is C15H21N3. The van der Waals surface area contributed by atoms with E-state index in [1.165, 1.54) is 24.9 Å². The molecular weight excluding hydrogens is 222 g/mol. The fraction of sp³-hybridized carbons (Fsp3) is 0.533. The van der Waals surface area contributed by atoms with Crippen LogP contribution in [0, 0.1) is 17.2 Å². The SMILES string of the molecule is CNCCC1CCN(c2ccc(C#N)cc2)CC1. The smallest absolute Gasteiger partial charge is 0.0991 e. The topological polar surface area (TPSA) is 39.1 Å². The Labute approximate surface area is 109 Å². The molecule has 0 aromatic heterocycles. The molecule has 1 aromatic carbocycles. The molecule has 3 nitrogen and oxygen atoms in total. The van der Waals surface area contributed by atoms with Crippen LogP contribution in [0.3, 0.4) is 0 Å². The lowest BCUT2D eigenvalue weighted by molar-refractivity contribution is 0.378. The van der Waals surface area contributed by atoms with Gasteiger partial charge in [0.05, 0.1) is 11.6 Å². The van der Waals surface area contributed by atoms with Crippen molar-refractivity contribution in [3.05, 3.63) is 29.8 Å². The summed E-state index contributed by atoms with van der Waals surface area (Å²) in [6.07, 6.45) is 3.85. The van der Waals surface area contributed by atoms with Crippen LogP contribution in [0.2, 0.25) is 0 Å². The third-order valence-corrected chi connectivity index (χ3v) is 3.78. The first-order valence-corrected chi connectivity index (χ1v) is 6.73. The molecule has 1 heterocycles. The maximum absolute atomic E-state index is 8.79. The summed E-state index contributed by atoms with van der Waals surface area (Å²) in [5.74, 6) is 0.868. The van der Waals surface area contributed by atoms with Crippen molar-refractivity contribution < 1.29 is 0 Å². The van der Waals surface area contributed by atoms with Crippen LogP contribution in [-0.2, 0) is 0 Å². The van der Waals surface area contributed by atoms with Crippen LogP contribution in [0.1, 0.15) is 24.8 Å². The van der Waals surface area contributed by atoms with Gasteiger partial charge < -0.3 is 10.2 Å². The normalized spacial score (nSPS) is 16.6. The van der Waals surface area contributed by atoms with Crippen molar-refractivity contribution in [3.63, 3.8) is 0 Å². The molecule has 0 atom stereocenters. The van der Waals surface area contributed by atoms with Gasteiger partial charge in [-0.3, -0.25) is 0 Å². The molecule has 1 aliphatic heterocycles. The highest BCUT2D eigenvalue weighted by Gasteiger charge is 2.18. The summed E-state index contributed by atoms with van der Waals surface area (Å²) in [7, 11) is 2.02. The Morgan fingerprint density at radius 3 is 2.50 bits per heavy atom. The highest BCUT2D eigenvalue weighted by atomic mass is 15.1. The van der Waals surface area contributed by atoms with E-state index in [0.29, 0.717) is 0 Å². The van der Waals surface area contributed by atoms with Gasteiger partial charge in [-0.2, -0.15) is 5.26 Å². The Balaban J connectivity index is 1.87. The van der Waals surface area contributed by atoms with Gasteiger partial charge in [0.15, 0.2) is 0 Å². The average Bonchev–Trinajstić information content (AvgIpc) is 2.46. The van der Waals surface area contributed by atoms with Crippen LogP contribution in [0.25, 0.3) is 0 Å². The van der Waals surface area contributed by atoms with Gasteiger partial charge in [0.1, 0.15) is 0 Å². The van der Waals surface area contributed by atoms with E-state index < -0.39 is 0 Å². The quantitative estimate of drug-likeness (QED) is 0.882. The predicted molar refractivity (Wildman–Crippen MR) is 74.6 cm³/mol. The molecule has 1 N–H and O–H groups in total. The first-order valence-electron chi connectivity index (χ1n) is 6.73. The largest absolute Gasteiger partial charge is 0.372 e. The summed E-state index contributed by atoms with van der Waals surface area (Å²) in [5, 5.41) is 12.0. The van der Waals surface area contributed by atoms with Crippen LogP contribution in [0.5, 0.6) is 0 Å². The van der Waals surface area contributed by atoms with E-state index in [9.17, 15) is 0 Å². The Bertz CT molecular complexity index is 397. The molecule has 0 aliphatic carbocycles. The summed E-state index contributed by atoms with van der Waals surface area (Å²) >= 11 is 0. The molecule has 18 heavy (non-hydrogen) atoms. The van der Waals surface area contributed by atoms with E-state index in [1.54, 1.807) is 0 Å². The molecule has 1 aromatic rings. The number of nitrogens with one attached hydrogen (secondary N) is 1. The second kappa shape index (κ2) is 6.42. The number of anilines is 1. The molecule has 0 radical (unpaired) electrons. The standard InChI is InChI=1S/C15H21N3/c1-17-9-6-13-7-10-18(11-8-13)15-4-2-14(12-16)3-5-15/h2-5,13,17H,6-11H2,1H3. The Kier molecular flexibility index (Phi) is 4.60. The van der Waals surface area contributed by atoms with Crippen LogP contribution < -0.4 is 10.2 Å². The monoisotopic (exact) mass is 243 g/mol. The number of hydrogen-bond acceptors (Lipinski definition) is 3. The second-order valence-corrected chi connectivity index (χ2v) is 4.98. The predicted octanol–water partition coefficient (Wildman–Crippen LogP) is 2.38. The Hall–Kier alpha value is -1.53. The summed E-state index contributed by atoms with van der Waals surface area (Å²) < 4.78 is 0.